The van der Waals surface area contributed by atoms with E-state index in [4.69, 9.17) is 9.47 Å². The molecule has 3 rings (SSSR count). The van der Waals surface area contributed by atoms with Gasteiger partial charge >= 0.3 is 0 Å². The molecule has 30 heavy (non-hydrogen) atoms. The molecule has 2 aromatic carbocycles. The minimum Gasteiger partial charge on any atom is -0.497 e. The van der Waals surface area contributed by atoms with E-state index in [1.54, 1.807) is 55.6 Å². The summed E-state index contributed by atoms with van der Waals surface area (Å²) in [4.78, 5) is 0.156. The van der Waals surface area contributed by atoms with Gasteiger partial charge in [0.15, 0.2) is 19.7 Å². The van der Waals surface area contributed by atoms with Crippen molar-refractivity contribution in [3.05, 3.63) is 54.1 Å². The van der Waals surface area contributed by atoms with E-state index >= 15 is 0 Å². The van der Waals surface area contributed by atoms with E-state index in [-0.39, 0.29) is 23.0 Å². The van der Waals surface area contributed by atoms with Crippen molar-refractivity contribution >= 4 is 19.7 Å². The van der Waals surface area contributed by atoms with Crippen LogP contribution in [0.25, 0.3) is 0 Å². The lowest BCUT2D eigenvalue weighted by molar-refractivity contribution is 0.307. The molecule has 0 saturated carbocycles. The minimum atomic E-state index is -3.78. The predicted octanol–water partition coefficient (Wildman–Crippen LogP) is 1.87. The maximum absolute atomic E-state index is 13.1. The molecular formula is C21H27NO6S2. The molecule has 1 aliphatic rings. The molecular weight excluding hydrogens is 426 g/mol. The van der Waals surface area contributed by atoms with Crippen molar-refractivity contribution in [2.24, 2.45) is 0 Å². The molecule has 1 heterocycles. The highest BCUT2D eigenvalue weighted by atomic mass is 32.2. The van der Waals surface area contributed by atoms with Crippen molar-refractivity contribution < 1.29 is 26.3 Å². The first kappa shape index (κ1) is 22.6. The van der Waals surface area contributed by atoms with Crippen LogP contribution in [0.2, 0.25) is 0 Å². The van der Waals surface area contributed by atoms with Crippen molar-refractivity contribution in [1.29, 1.82) is 0 Å². The fourth-order valence-electron chi connectivity index (χ4n) is 3.49. The van der Waals surface area contributed by atoms with Crippen molar-refractivity contribution in [2.45, 2.75) is 29.5 Å². The molecule has 2 aromatic rings. The molecule has 164 valence electrons. The average Bonchev–Trinajstić information content (AvgIpc) is 3.07. The molecule has 1 saturated heterocycles. The Morgan fingerprint density at radius 2 is 1.63 bits per heavy atom. The van der Waals surface area contributed by atoms with Crippen molar-refractivity contribution in [2.75, 3.05) is 31.8 Å². The summed E-state index contributed by atoms with van der Waals surface area (Å²) in [6.45, 7) is 2.59. The van der Waals surface area contributed by atoms with Crippen LogP contribution in [0.15, 0.2) is 53.4 Å². The van der Waals surface area contributed by atoms with E-state index in [0.29, 0.717) is 12.3 Å². The molecule has 1 fully saturated rings. The summed E-state index contributed by atoms with van der Waals surface area (Å²) >= 11 is 0. The first-order valence-electron chi connectivity index (χ1n) is 9.78. The quantitative estimate of drug-likeness (QED) is 0.579. The summed E-state index contributed by atoms with van der Waals surface area (Å²) in [7, 11) is -5.64. The molecule has 0 radical (unpaired) electrons. The first-order chi connectivity index (χ1) is 14.2. The molecule has 0 spiro atoms. The van der Waals surface area contributed by atoms with Gasteiger partial charge in [-0.3, -0.25) is 0 Å². The number of ether oxygens (including phenoxy) is 2. The Morgan fingerprint density at radius 1 is 1.00 bits per heavy atom. The number of sulfone groups is 2. The Bertz CT molecular complexity index is 1050. The van der Waals surface area contributed by atoms with Crippen molar-refractivity contribution in [1.82, 2.24) is 5.32 Å². The minimum absolute atomic E-state index is 0.156. The summed E-state index contributed by atoms with van der Waals surface area (Å²) < 4.78 is 61.3. The van der Waals surface area contributed by atoms with Crippen LogP contribution in [-0.4, -0.2) is 59.9 Å². The third kappa shape index (κ3) is 5.33. The summed E-state index contributed by atoms with van der Waals surface area (Å²) in [5, 5.41) is 2.05. The second-order valence-corrected chi connectivity index (χ2v) is 11.6. The van der Waals surface area contributed by atoms with E-state index in [9.17, 15) is 16.8 Å². The zero-order chi connectivity index (χ0) is 21.8. The van der Waals surface area contributed by atoms with Gasteiger partial charge in [-0.15, -0.1) is 0 Å². The van der Waals surface area contributed by atoms with E-state index < -0.39 is 31.0 Å². The normalized spacial score (nSPS) is 20.7. The Hall–Kier alpha value is -2.10. The van der Waals surface area contributed by atoms with Crippen molar-refractivity contribution in [3.63, 3.8) is 0 Å². The molecule has 0 amide bonds. The first-order valence-corrected chi connectivity index (χ1v) is 13.2. The molecule has 2 atom stereocenters. The molecule has 1 N–H and O–H groups in total. The van der Waals surface area contributed by atoms with Crippen LogP contribution in [0.1, 0.15) is 12.5 Å². The van der Waals surface area contributed by atoms with Crippen molar-refractivity contribution in [3.8, 4) is 11.5 Å². The number of nitrogens with one attached hydrogen (secondary N) is 1. The maximum atomic E-state index is 13.1. The number of hydrogen-bond donors (Lipinski definition) is 1. The maximum Gasteiger partial charge on any atom is 0.183 e. The Labute approximate surface area is 178 Å². The molecule has 0 aromatic heterocycles. The molecule has 9 heteroatoms. The lowest BCUT2D eigenvalue weighted by Crippen LogP contribution is -2.44. The van der Waals surface area contributed by atoms with Crippen LogP contribution < -0.4 is 14.8 Å². The molecule has 1 aliphatic heterocycles. The SMILES string of the molecule is CCc1ccc(S(=O)(=O)[C@H]2CS(=O)(=O)C[C@@H]2NCCOc2ccc(OC)cc2)cc1. The topological polar surface area (TPSA) is 98.8 Å². The average molecular weight is 454 g/mol. The number of hydrogen-bond acceptors (Lipinski definition) is 7. The van der Waals surface area contributed by atoms with Crippen LogP contribution in [0.3, 0.4) is 0 Å². The zero-order valence-electron chi connectivity index (χ0n) is 17.1. The zero-order valence-corrected chi connectivity index (χ0v) is 18.7. The molecule has 0 bridgehead atoms. The van der Waals surface area contributed by atoms with E-state index in [1.807, 2.05) is 6.92 Å². The lowest BCUT2D eigenvalue weighted by atomic mass is 10.2. The second-order valence-electron chi connectivity index (χ2n) is 7.24. The van der Waals surface area contributed by atoms with Crippen LogP contribution in [-0.2, 0) is 26.1 Å². The van der Waals surface area contributed by atoms with Gasteiger partial charge < -0.3 is 14.8 Å². The van der Waals surface area contributed by atoms with Gasteiger partial charge in [0.1, 0.15) is 18.1 Å². The van der Waals surface area contributed by atoms with Gasteiger partial charge in [0.05, 0.1) is 28.8 Å². The lowest BCUT2D eigenvalue weighted by Gasteiger charge is -2.20. The van der Waals surface area contributed by atoms with Gasteiger partial charge in [0.25, 0.3) is 0 Å². The van der Waals surface area contributed by atoms with Gasteiger partial charge in [-0.1, -0.05) is 19.1 Å². The highest BCUT2D eigenvalue weighted by Crippen LogP contribution is 2.26. The smallest absolute Gasteiger partial charge is 0.183 e. The van der Waals surface area contributed by atoms with Gasteiger partial charge in [-0.25, -0.2) is 16.8 Å². The third-order valence-corrected chi connectivity index (χ3v) is 9.36. The summed E-state index contributed by atoms with van der Waals surface area (Å²) in [6, 6.07) is 13.1. The Balaban J connectivity index is 1.64. The highest BCUT2D eigenvalue weighted by molar-refractivity contribution is 7.96. The third-order valence-electron chi connectivity index (χ3n) is 5.20. The van der Waals surface area contributed by atoms with Gasteiger partial charge in [-0.05, 0) is 48.4 Å². The van der Waals surface area contributed by atoms with Crippen LogP contribution in [0.5, 0.6) is 11.5 Å². The fraction of sp³-hybridized carbons (Fsp3) is 0.429. The Morgan fingerprint density at radius 3 is 2.23 bits per heavy atom. The molecule has 7 nitrogen and oxygen atoms in total. The Kier molecular flexibility index (Phi) is 7.05. The summed E-state index contributed by atoms with van der Waals surface area (Å²) in [6.07, 6.45) is 0.802. The van der Waals surface area contributed by atoms with E-state index in [0.717, 1.165) is 17.7 Å². The number of benzene rings is 2. The van der Waals surface area contributed by atoms with E-state index in [1.165, 1.54) is 0 Å². The van der Waals surface area contributed by atoms with E-state index in [2.05, 4.69) is 5.32 Å². The number of aryl methyl sites for hydroxylation is 1. The molecule has 0 aliphatic carbocycles. The van der Waals surface area contributed by atoms with Gasteiger partial charge in [0.2, 0.25) is 0 Å². The summed E-state index contributed by atoms with van der Waals surface area (Å²) in [5.41, 5.74) is 1.03. The standard InChI is InChI=1S/C21H27NO6S2/c1-3-16-4-10-19(11-5-16)30(25,26)21-15-29(23,24)14-20(21)22-12-13-28-18-8-6-17(27-2)7-9-18/h4-11,20-22H,3,12-15H2,1-2H3/t20-,21-/m0/s1. The monoisotopic (exact) mass is 453 g/mol. The van der Waals surface area contributed by atoms with Gasteiger partial charge in [-0.2, -0.15) is 0 Å². The number of rotatable bonds is 9. The van der Waals surface area contributed by atoms with Gasteiger partial charge in [0, 0.05) is 12.6 Å². The fourth-order valence-corrected chi connectivity index (χ4v) is 8.20. The number of methoxy groups -OCH3 is 1. The molecule has 0 unspecified atom stereocenters. The highest BCUT2D eigenvalue weighted by Gasteiger charge is 2.45. The van der Waals surface area contributed by atoms with Crippen LogP contribution in [0, 0.1) is 0 Å². The summed E-state index contributed by atoms with van der Waals surface area (Å²) in [5.74, 6) is 0.794. The second kappa shape index (κ2) is 9.36. The van der Waals surface area contributed by atoms with Crippen LogP contribution in [0.4, 0.5) is 0 Å². The predicted molar refractivity (Wildman–Crippen MR) is 116 cm³/mol. The largest absolute Gasteiger partial charge is 0.497 e. The van der Waals surface area contributed by atoms with Crippen LogP contribution >= 0.6 is 0 Å².